The molecule has 0 aliphatic heterocycles. The van der Waals surface area contributed by atoms with Crippen molar-refractivity contribution in [1.82, 2.24) is 10.5 Å². The summed E-state index contributed by atoms with van der Waals surface area (Å²) in [5.41, 5.74) is -0.0221. The summed E-state index contributed by atoms with van der Waals surface area (Å²) in [5, 5.41) is 16.3. The van der Waals surface area contributed by atoms with Crippen LogP contribution >= 0.6 is 0 Å². The molecule has 2 N–H and O–H groups in total. The Morgan fingerprint density at radius 2 is 1.73 bits per heavy atom. The van der Waals surface area contributed by atoms with Crippen LogP contribution in [-0.4, -0.2) is 27.7 Å². The van der Waals surface area contributed by atoms with E-state index in [4.69, 9.17) is 4.52 Å². The largest absolute Gasteiger partial charge is 0.480 e. The van der Waals surface area contributed by atoms with Gasteiger partial charge >= 0.3 is 5.97 Å². The second-order valence-electron chi connectivity index (χ2n) is 6.40. The molecule has 120 valence electrons. The number of amides is 1. The number of hydrogen-bond acceptors (Lipinski definition) is 4. The number of aryl methyl sites for hydroxylation is 1. The number of aromatic nitrogens is 1. The minimum Gasteiger partial charge on any atom is -0.480 e. The zero-order chi connectivity index (χ0) is 15.6. The van der Waals surface area contributed by atoms with Crippen molar-refractivity contribution in [2.45, 2.75) is 69.7 Å². The van der Waals surface area contributed by atoms with E-state index in [-0.39, 0.29) is 5.69 Å². The fraction of sp³-hybridized carbons (Fsp3) is 0.688. The van der Waals surface area contributed by atoms with Gasteiger partial charge in [-0.1, -0.05) is 30.8 Å². The lowest BCUT2D eigenvalue weighted by atomic mass is 9.89. The first-order valence-corrected chi connectivity index (χ1v) is 8.16. The molecule has 6 nitrogen and oxygen atoms in total. The Kier molecular flexibility index (Phi) is 4.18. The Morgan fingerprint density at radius 3 is 2.41 bits per heavy atom. The van der Waals surface area contributed by atoms with Gasteiger partial charge in [0.05, 0.1) is 0 Å². The normalized spacial score (nSPS) is 20.7. The van der Waals surface area contributed by atoms with Crippen molar-refractivity contribution in [3.63, 3.8) is 0 Å². The first-order chi connectivity index (χ1) is 10.6. The van der Waals surface area contributed by atoms with E-state index < -0.39 is 17.4 Å². The summed E-state index contributed by atoms with van der Waals surface area (Å²) < 4.78 is 5.26. The number of carbonyl (C=O) groups excluding carboxylic acids is 1. The molecule has 0 radical (unpaired) electrons. The molecule has 1 fully saturated rings. The van der Waals surface area contributed by atoms with E-state index in [2.05, 4.69) is 10.5 Å². The van der Waals surface area contributed by atoms with Gasteiger partial charge in [0.1, 0.15) is 11.3 Å². The quantitative estimate of drug-likeness (QED) is 0.837. The highest BCUT2D eigenvalue weighted by Gasteiger charge is 2.41. The predicted molar refractivity (Wildman–Crippen MR) is 78.7 cm³/mol. The van der Waals surface area contributed by atoms with Crippen LogP contribution in [0.4, 0.5) is 0 Å². The molecule has 1 heterocycles. The van der Waals surface area contributed by atoms with Crippen molar-refractivity contribution < 1.29 is 19.2 Å². The maximum absolute atomic E-state index is 12.6. The first kappa shape index (κ1) is 15.1. The molecule has 1 aromatic rings. The van der Waals surface area contributed by atoms with Crippen molar-refractivity contribution >= 4 is 11.9 Å². The van der Waals surface area contributed by atoms with Gasteiger partial charge in [0, 0.05) is 12.0 Å². The number of nitrogens with one attached hydrogen (secondary N) is 1. The lowest BCUT2D eigenvalue weighted by Gasteiger charge is -2.29. The van der Waals surface area contributed by atoms with Crippen LogP contribution in [0.15, 0.2) is 4.52 Å². The first-order valence-electron chi connectivity index (χ1n) is 8.16. The number of nitrogens with zero attached hydrogens (tertiary/aromatic N) is 1. The van der Waals surface area contributed by atoms with Gasteiger partial charge in [-0.2, -0.15) is 0 Å². The fourth-order valence-electron chi connectivity index (χ4n) is 3.56. The van der Waals surface area contributed by atoms with Crippen LogP contribution in [0.3, 0.4) is 0 Å². The standard InChI is InChI=1S/C16H22N2O4/c19-14(13-11-7-3-4-8-12(11)22-18-13)17-16(15(20)21)9-5-1-2-6-10-16/h1-10H2,(H,17,19)(H,20,21). The average Bonchev–Trinajstić information content (AvgIpc) is 2.80. The average molecular weight is 306 g/mol. The summed E-state index contributed by atoms with van der Waals surface area (Å²) in [7, 11) is 0. The van der Waals surface area contributed by atoms with Crippen LogP contribution in [0.5, 0.6) is 0 Å². The van der Waals surface area contributed by atoms with Gasteiger partial charge in [0.2, 0.25) is 0 Å². The number of rotatable bonds is 3. The number of carboxylic acids is 1. The van der Waals surface area contributed by atoms with Gasteiger partial charge in [0.15, 0.2) is 5.69 Å². The highest BCUT2D eigenvalue weighted by molar-refractivity contribution is 5.97. The summed E-state index contributed by atoms with van der Waals surface area (Å²) in [5.74, 6) is -0.571. The second kappa shape index (κ2) is 6.10. The van der Waals surface area contributed by atoms with Crippen molar-refractivity contribution in [2.75, 3.05) is 0 Å². The zero-order valence-electron chi connectivity index (χ0n) is 12.7. The smallest absolute Gasteiger partial charge is 0.329 e. The van der Waals surface area contributed by atoms with Gasteiger partial charge in [-0.05, 0) is 32.1 Å². The van der Waals surface area contributed by atoms with E-state index in [1.165, 1.54) is 0 Å². The molecule has 1 amide bonds. The third kappa shape index (κ3) is 2.74. The molecule has 6 heteroatoms. The Bertz CT molecular complexity index is 571. The van der Waals surface area contributed by atoms with Gasteiger partial charge in [-0.3, -0.25) is 4.79 Å². The van der Waals surface area contributed by atoms with E-state index >= 15 is 0 Å². The monoisotopic (exact) mass is 306 g/mol. The summed E-state index contributed by atoms with van der Waals surface area (Å²) >= 11 is 0. The van der Waals surface area contributed by atoms with Crippen LogP contribution < -0.4 is 5.32 Å². The van der Waals surface area contributed by atoms with Gasteiger partial charge in [-0.15, -0.1) is 0 Å². The number of aliphatic carboxylic acids is 1. The lowest BCUT2D eigenvalue weighted by Crippen LogP contribution is -2.54. The minimum absolute atomic E-state index is 0.277. The molecular formula is C16H22N2O4. The highest BCUT2D eigenvalue weighted by Crippen LogP contribution is 2.29. The molecule has 2 aliphatic rings. The van der Waals surface area contributed by atoms with Crippen molar-refractivity contribution in [2.24, 2.45) is 0 Å². The SMILES string of the molecule is O=C(NC1(C(=O)O)CCCCCC1)c1noc2c1CCCC2. The van der Waals surface area contributed by atoms with Crippen molar-refractivity contribution in [3.05, 3.63) is 17.0 Å². The second-order valence-corrected chi connectivity index (χ2v) is 6.40. The van der Waals surface area contributed by atoms with Crippen molar-refractivity contribution in [1.29, 1.82) is 0 Å². The highest BCUT2D eigenvalue weighted by atomic mass is 16.5. The van der Waals surface area contributed by atoms with Gasteiger partial charge < -0.3 is 14.9 Å². The Balaban J connectivity index is 1.82. The molecule has 2 aliphatic carbocycles. The van der Waals surface area contributed by atoms with Crippen LogP contribution in [0.25, 0.3) is 0 Å². The minimum atomic E-state index is -1.16. The third-order valence-electron chi connectivity index (χ3n) is 4.88. The van der Waals surface area contributed by atoms with Gasteiger partial charge in [-0.25, -0.2) is 4.79 Å². The van der Waals surface area contributed by atoms with E-state index in [9.17, 15) is 14.7 Å². The molecule has 1 saturated carbocycles. The molecule has 0 atom stereocenters. The molecule has 0 bridgehead atoms. The van der Waals surface area contributed by atoms with Crippen LogP contribution in [0, 0.1) is 0 Å². The number of carbonyl (C=O) groups is 2. The topological polar surface area (TPSA) is 92.4 Å². The molecule has 0 unspecified atom stereocenters. The summed E-state index contributed by atoms with van der Waals surface area (Å²) in [4.78, 5) is 24.3. The maximum Gasteiger partial charge on any atom is 0.329 e. The van der Waals surface area contributed by atoms with E-state index in [0.717, 1.165) is 62.7 Å². The van der Waals surface area contributed by atoms with Crippen LogP contribution in [0.1, 0.15) is 73.2 Å². The third-order valence-corrected chi connectivity index (χ3v) is 4.88. The molecular weight excluding hydrogens is 284 g/mol. The van der Waals surface area contributed by atoms with E-state index in [0.29, 0.717) is 12.8 Å². The molecule has 3 rings (SSSR count). The molecule has 1 aromatic heterocycles. The molecule has 22 heavy (non-hydrogen) atoms. The lowest BCUT2D eigenvalue weighted by molar-refractivity contribution is -0.145. The van der Waals surface area contributed by atoms with Crippen molar-refractivity contribution in [3.8, 4) is 0 Å². The number of fused-ring (bicyclic) bond motifs is 1. The van der Waals surface area contributed by atoms with Gasteiger partial charge in [0.25, 0.3) is 5.91 Å². The molecule has 0 saturated heterocycles. The molecule has 0 spiro atoms. The summed E-state index contributed by atoms with van der Waals surface area (Å²) in [6.07, 6.45) is 8.28. The van der Waals surface area contributed by atoms with Crippen LogP contribution in [-0.2, 0) is 17.6 Å². The summed E-state index contributed by atoms with van der Waals surface area (Å²) in [6.45, 7) is 0. The Morgan fingerprint density at radius 1 is 1.05 bits per heavy atom. The summed E-state index contributed by atoms with van der Waals surface area (Å²) in [6, 6.07) is 0. The zero-order valence-corrected chi connectivity index (χ0v) is 12.7. The number of hydrogen-bond donors (Lipinski definition) is 2. The molecule has 0 aromatic carbocycles. The number of carboxylic acid groups (broad SMARTS) is 1. The Hall–Kier alpha value is -1.85. The maximum atomic E-state index is 12.6. The van der Waals surface area contributed by atoms with E-state index in [1.807, 2.05) is 0 Å². The van der Waals surface area contributed by atoms with E-state index in [1.54, 1.807) is 0 Å². The fourth-order valence-corrected chi connectivity index (χ4v) is 3.56. The Labute approximate surface area is 129 Å². The van der Waals surface area contributed by atoms with Crippen LogP contribution in [0.2, 0.25) is 0 Å². The predicted octanol–water partition coefficient (Wildman–Crippen LogP) is 2.46.